The van der Waals surface area contributed by atoms with E-state index in [9.17, 15) is 0 Å². The molecule has 0 unspecified atom stereocenters. The Balaban J connectivity index is 1.59. The average molecular weight is 301 g/mol. The van der Waals surface area contributed by atoms with Gasteiger partial charge in [-0.1, -0.05) is 36.4 Å². The summed E-state index contributed by atoms with van der Waals surface area (Å²) in [6.45, 7) is 0.427. The summed E-state index contributed by atoms with van der Waals surface area (Å²) >= 11 is 0. The van der Waals surface area contributed by atoms with Crippen molar-refractivity contribution in [1.82, 2.24) is 15.0 Å². The Morgan fingerprint density at radius 1 is 0.913 bits per heavy atom. The number of rotatable bonds is 4. The van der Waals surface area contributed by atoms with Crippen LogP contribution in [0.3, 0.4) is 0 Å². The molecule has 23 heavy (non-hydrogen) atoms. The first-order chi connectivity index (χ1) is 11.4. The highest BCUT2D eigenvalue weighted by Gasteiger charge is 2.07. The topological polar surface area (TPSA) is 50.8 Å². The second-order valence-electron chi connectivity index (χ2n) is 5.25. The van der Waals surface area contributed by atoms with Crippen LogP contribution in [0.15, 0.2) is 73.2 Å². The molecule has 4 nitrogen and oxygen atoms in total. The van der Waals surface area contributed by atoms with Crippen molar-refractivity contribution in [3.05, 3.63) is 78.9 Å². The van der Waals surface area contributed by atoms with Gasteiger partial charge >= 0.3 is 0 Å². The molecule has 0 bridgehead atoms. The fourth-order valence-corrected chi connectivity index (χ4v) is 2.56. The maximum Gasteiger partial charge on any atom is 0.130 e. The standard InChI is InChI=1S/C19H15N3O/c1-3-7-17-14(5-1)9-10-15(22-17)12-23-19-8-4-2-6-16(19)18-11-20-13-21-18/h1-11,13H,12H2,(H,20,21). The molecule has 0 fully saturated rings. The number of fused-ring (bicyclic) bond motifs is 1. The molecule has 4 aromatic rings. The predicted octanol–water partition coefficient (Wildman–Crippen LogP) is 4.20. The first kappa shape index (κ1) is 13.5. The van der Waals surface area contributed by atoms with Gasteiger partial charge in [0.25, 0.3) is 0 Å². The van der Waals surface area contributed by atoms with Crippen molar-refractivity contribution in [3.63, 3.8) is 0 Å². The summed E-state index contributed by atoms with van der Waals surface area (Å²) in [6, 6.07) is 20.1. The number of H-pyrrole nitrogens is 1. The molecule has 0 spiro atoms. The van der Waals surface area contributed by atoms with E-state index in [1.165, 1.54) is 0 Å². The van der Waals surface area contributed by atoms with Gasteiger partial charge in [-0.05, 0) is 24.3 Å². The van der Waals surface area contributed by atoms with Gasteiger partial charge in [0.05, 0.1) is 29.4 Å². The van der Waals surface area contributed by atoms with Crippen molar-refractivity contribution in [1.29, 1.82) is 0 Å². The third-order valence-corrected chi connectivity index (χ3v) is 3.71. The summed E-state index contributed by atoms with van der Waals surface area (Å²) in [5.41, 5.74) is 3.82. The molecule has 0 radical (unpaired) electrons. The Morgan fingerprint density at radius 2 is 1.78 bits per heavy atom. The number of para-hydroxylation sites is 2. The monoisotopic (exact) mass is 301 g/mol. The van der Waals surface area contributed by atoms with E-state index in [0.717, 1.165) is 33.6 Å². The lowest BCUT2D eigenvalue weighted by molar-refractivity contribution is 0.303. The molecule has 0 aliphatic heterocycles. The first-order valence-electron chi connectivity index (χ1n) is 7.45. The Labute approximate surface area is 133 Å². The van der Waals surface area contributed by atoms with Crippen LogP contribution in [0.1, 0.15) is 5.69 Å². The van der Waals surface area contributed by atoms with Crippen LogP contribution >= 0.6 is 0 Å². The van der Waals surface area contributed by atoms with Crippen LogP contribution in [0.4, 0.5) is 0 Å². The van der Waals surface area contributed by atoms with Crippen molar-refractivity contribution >= 4 is 10.9 Å². The van der Waals surface area contributed by atoms with Crippen LogP contribution in [-0.4, -0.2) is 15.0 Å². The van der Waals surface area contributed by atoms with Crippen LogP contribution in [-0.2, 0) is 6.61 Å². The maximum absolute atomic E-state index is 5.99. The maximum atomic E-state index is 5.99. The summed E-state index contributed by atoms with van der Waals surface area (Å²) in [4.78, 5) is 11.8. The van der Waals surface area contributed by atoms with Crippen LogP contribution in [0.2, 0.25) is 0 Å². The molecule has 0 amide bonds. The zero-order valence-corrected chi connectivity index (χ0v) is 12.4. The molecule has 0 aliphatic carbocycles. The lowest BCUT2D eigenvalue weighted by Gasteiger charge is -2.10. The third-order valence-electron chi connectivity index (χ3n) is 3.71. The number of hydrogen-bond acceptors (Lipinski definition) is 3. The largest absolute Gasteiger partial charge is 0.487 e. The molecule has 0 atom stereocenters. The van der Waals surface area contributed by atoms with E-state index < -0.39 is 0 Å². The zero-order valence-electron chi connectivity index (χ0n) is 12.4. The van der Waals surface area contributed by atoms with Gasteiger partial charge in [0.1, 0.15) is 12.4 Å². The number of nitrogens with zero attached hydrogens (tertiary/aromatic N) is 2. The first-order valence-corrected chi connectivity index (χ1v) is 7.45. The number of ether oxygens (including phenoxy) is 1. The number of benzene rings is 2. The number of hydrogen-bond donors (Lipinski definition) is 1. The smallest absolute Gasteiger partial charge is 0.130 e. The molecule has 2 heterocycles. The molecular formula is C19H15N3O. The SMILES string of the molecule is c1ccc(-c2cnc[nH]2)c(OCc2ccc3ccccc3n2)c1. The molecule has 0 saturated carbocycles. The summed E-state index contributed by atoms with van der Waals surface area (Å²) in [7, 11) is 0. The van der Waals surface area contributed by atoms with Gasteiger partial charge in [-0.3, -0.25) is 0 Å². The third kappa shape index (κ3) is 2.79. The minimum atomic E-state index is 0.427. The number of imidazole rings is 1. The lowest BCUT2D eigenvalue weighted by Crippen LogP contribution is -1.99. The average Bonchev–Trinajstić information content (AvgIpc) is 3.14. The van der Waals surface area contributed by atoms with E-state index in [1.54, 1.807) is 12.5 Å². The van der Waals surface area contributed by atoms with Crippen molar-refractivity contribution < 1.29 is 4.74 Å². The highest BCUT2D eigenvalue weighted by molar-refractivity contribution is 5.78. The molecule has 0 aliphatic rings. The van der Waals surface area contributed by atoms with Gasteiger partial charge in [0.2, 0.25) is 0 Å². The van der Waals surface area contributed by atoms with Gasteiger partial charge in [0, 0.05) is 10.9 Å². The van der Waals surface area contributed by atoms with Crippen molar-refractivity contribution in [3.8, 4) is 17.0 Å². The summed E-state index contributed by atoms with van der Waals surface area (Å²) < 4.78 is 5.99. The Hall–Kier alpha value is -3.14. The van der Waals surface area contributed by atoms with Crippen molar-refractivity contribution in [2.24, 2.45) is 0 Å². The second-order valence-corrected chi connectivity index (χ2v) is 5.25. The predicted molar refractivity (Wildman–Crippen MR) is 90.1 cm³/mol. The van der Waals surface area contributed by atoms with Crippen molar-refractivity contribution in [2.45, 2.75) is 6.61 Å². The summed E-state index contributed by atoms with van der Waals surface area (Å²) in [5.74, 6) is 0.812. The highest BCUT2D eigenvalue weighted by Crippen LogP contribution is 2.28. The number of nitrogens with one attached hydrogen (secondary N) is 1. The zero-order chi connectivity index (χ0) is 15.5. The van der Waals surface area contributed by atoms with Crippen LogP contribution in [0.25, 0.3) is 22.2 Å². The second kappa shape index (κ2) is 5.93. The number of pyridine rings is 1. The van der Waals surface area contributed by atoms with Gasteiger partial charge in [-0.15, -0.1) is 0 Å². The highest BCUT2D eigenvalue weighted by atomic mass is 16.5. The van der Waals surface area contributed by atoms with Crippen LogP contribution in [0.5, 0.6) is 5.75 Å². The molecule has 112 valence electrons. The van der Waals surface area contributed by atoms with E-state index in [1.807, 2.05) is 48.5 Å². The summed E-state index contributed by atoms with van der Waals surface area (Å²) in [6.07, 6.45) is 3.45. The number of aromatic nitrogens is 3. The molecule has 4 heteroatoms. The molecular weight excluding hydrogens is 286 g/mol. The van der Waals surface area contributed by atoms with E-state index in [4.69, 9.17) is 4.74 Å². The molecule has 1 N–H and O–H groups in total. The molecule has 2 aromatic heterocycles. The van der Waals surface area contributed by atoms with E-state index in [2.05, 4.69) is 27.1 Å². The van der Waals surface area contributed by atoms with Crippen LogP contribution in [0, 0.1) is 0 Å². The minimum Gasteiger partial charge on any atom is -0.487 e. The Morgan fingerprint density at radius 3 is 2.70 bits per heavy atom. The quantitative estimate of drug-likeness (QED) is 0.614. The lowest BCUT2D eigenvalue weighted by atomic mass is 10.1. The molecule has 4 rings (SSSR count). The minimum absolute atomic E-state index is 0.427. The van der Waals surface area contributed by atoms with Gasteiger partial charge in [-0.2, -0.15) is 0 Å². The fraction of sp³-hybridized carbons (Fsp3) is 0.0526. The van der Waals surface area contributed by atoms with Crippen molar-refractivity contribution in [2.75, 3.05) is 0 Å². The number of aromatic amines is 1. The van der Waals surface area contributed by atoms with Gasteiger partial charge < -0.3 is 9.72 Å². The Kier molecular flexibility index (Phi) is 3.48. The molecule has 2 aromatic carbocycles. The fourth-order valence-electron chi connectivity index (χ4n) is 2.56. The van der Waals surface area contributed by atoms with E-state index in [0.29, 0.717) is 6.61 Å². The Bertz CT molecular complexity index is 932. The van der Waals surface area contributed by atoms with Crippen LogP contribution < -0.4 is 4.74 Å². The van der Waals surface area contributed by atoms with Gasteiger partial charge in [0.15, 0.2) is 0 Å². The van der Waals surface area contributed by atoms with E-state index >= 15 is 0 Å². The normalized spacial score (nSPS) is 10.8. The summed E-state index contributed by atoms with van der Waals surface area (Å²) in [5, 5.41) is 1.13. The van der Waals surface area contributed by atoms with Gasteiger partial charge in [-0.25, -0.2) is 9.97 Å². The van der Waals surface area contributed by atoms with E-state index in [-0.39, 0.29) is 0 Å². The molecule has 0 saturated heterocycles.